The van der Waals surface area contributed by atoms with Crippen LogP contribution in [0, 0.1) is 0 Å². The van der Waals surface area contributed by atoms with Gasteiger partial charge in [-0.2, -0.15) is 0 Å². The van der Waals surface area contributed by atoms with Gasteiger partial charge in [0.25, 0.3) is 0 Å². The molecule has 148 valence electrons. The first-order valence-electron chi connectivity index (χ1n) is 9.44. The Hall–Kier alpha value is -1.95. The second kappa shape index (κ2) is 7.82. The summed E-state index contributed by atoms with van der Waals surface area (Å²) in [6.07, 6.45) is 0. The van der Waals surface area contributed by atoms with Crippen LogP contribution in [-0.4, -0.2) is 41.0 Å². The van der Waals surface area contributed by atoms with Crippen molar-refractivity contribution >= 4 is 39.9 Å². The summed E-state index contributed by atoms with van der Waals surface area (Å²) >= 11 is 12.5. The van der Waals surface area contributed by atoms with Gasteiger partial charge in [0.15, 0.2) is 0 Å². The Morgan fingerprint density at radius 2 is 1.89 bits per heavy atom. The van der Waals surface area contributed by atoms with Crippen molar-refractivity contribution in [3.63, 3.8) is 0 Å². The molecule has 4 rings (SSSR count). The van der Waals surface area contributed by atoms with Crippen LogP contribution in [0.1, 0.15) is 31.2 Å². The van der Waals surface area contributed by atoms with Gasteiger partial charge < -0.3 is 19.3 Å². The largest absolute Gasteiger partial charge is 0.506 e. The van der Waals surface area contributed by atoms with Gasteiger partial charge in [0.05, 0.1) is 25.3 Å². The van der Waals surface area contributed by atoms with Crippen LogP contribution in [-0.2, 0) is 11.3 Å². The molecule has 7 heteroatoms. The van der Waals surface area contributed by atoms with Crippen LogP contribution in [0.15, 0.2) is 30.3 Å². The molecule has 2 aromatic carbocycles. The second-order valence-electron chi connectivity index (χ2n) is 7.38. The molecule has 0 atom stereocenters. The van der Waals surface area contributed by atoms with E-state index in [-0.39, 0.29) is 11.7 Å². The average molecular weight is 420 g/mol. The van der Waals surface area contributed by atoms with Crippen molar-refractivity contribution in [3.05, 3.63) is 51.8 Å². The lowest BCUT2D eigenvalue weighted by Gasteiger charge is -2.29. The predicted octanol–water partition coefficient (Wildman–Crippen LogP) is 5.06. The number of nitrogens with zero attached hydrogens (tertiary/aromatic N) is 3. The summed E-state index contributed by atoms with van der Waals surface area (Å²) in [7, 11) is 0. The summed E-state index contributed by atoms with van der Waals surface area (Å²) in [5.74, 6) is 1.31. The third-order valence-corrected chi connectivity index (χ3v) is 5.67. The van der Waals surface area contributed by atoms with E-state index in [0.717, 1.165) is 35.7 Å². The van der Waals surface area contributed by atoms with E-state index in [1.54, 1.807) is 12.1 Å². The van der Waals surface area contributed by atoms with Crippen molar-refractivity contribution < 1.29 is 9.84 Å². The minimum atomic E-state index is 0.196. The molecule has 0 bridgehead atoms. The highest BCUT2D eigenvalue weighted by Crippen LogP contribution is 2.34. The Morgan fingerprint density at radius 3 is 2.57 bits per heavy atom. The van der Waals surface area contributed by atoms with Crippen LogP contribution < -0.4 is 4.90 Å². The Bertz CT molecular complexity index is 1010. The SMILES string of the molecule is CC(C)c1nc2c(O)cc(N3CCOCC3)cc2n1Cc1ccc(Cl)cc1Cl. The van der Waals surface area contributed by atoms with Crippen molar-refractivity contribution in [2.24, 2.45) is 0 Å². The van der Waals surface area contributed by atoms with Gasteiger partial charge in [0, 0.05) is 40.8 Å². The Labute approximate surface area is 174 Å². The monoisotopic (exact) mass is 419 g/mol. The third kappa shape index (κ3) is 3.66. The maximum Gasteiger partial charge on any atom is 0.145 e. The number of aromatic nitrogens is 2. The molecule has 1 aliphatic heterocycles. The summed E-state index contributed by atoms with van der Waals surface area (Å²) in [6, 6.07) is 9.43. The summed E-state index contributed by atoms with van der Waals surface area (Å²) in [6.45, 7) is 7.75. The molecule has 1 aromatic heterocycles. The van der Waals surface area contributed by atoms with Crippen LogP contribution in [0.25, 0.3) is 11.0 Å². The first kappa shape index (κ1) is 19.4. The smallest absolute Gasteiger partial charge is 0.145 e. The van der Waals surface area contributed by atoms with E-state index in [1.165, 1.54) is 0 Å². The van der Waals surface area contributed by atoms with Gasteiger partial charge in [-0.05, 0) is 23.8 Å². The molecule has 1 fully saturated rings. The number of fused-ring (bicyclic) bond motifs is 1. The molecule has 0 radical (unpaired) electrons. The quantitative estimate of drug-likeness (QED) is 0.641. The maximum absolute atomic E-state index is 10.7. The van der Waals surface area contributed by atoms with Crippen molar-refractivity contribution in [1.82, 2.24) is 9.55 Å². The number of ether oxygens (including phenoxy) is 1. The number of hydrogen-bond acceptors (Lipinski definition) is 4. The fraction of sp³-hybridized carbons (Fsp3) is 0.381. The van der Waals surface area contributed by atoms with Gasteiger partial charge in [-0.3, -0.25) is 0 Å². The van der Waals surface area contributed by atoms with E-state index in [0.29, 0.717) is 35.3 Å². The molecule has 0 unspecified atom stereocenters. The zero-order valence-electron chi connectivity index (χ0n) is 16.0. The molecule has 0 aliphatic carbocycles. The minimum Gasteiger partial charge on any atom is -0.506 e. The summed E-state index contributed by atoms with van der Waals surface area (Å²) in [5.41, 5.74) is 3.46. The van der Waals surface area contributed by atoms with Crippen LogP contribution >= 0.6 is 23.2 Å². The molecular formula is C21H23Cl2N3O2. The van der Waals surface area contributed by atoms with E-state index in [2.05, 4.69) is 29.4 Å². The molecule has 0 amide bonds. The van der Waals surface area contributed by atoms with E-state index in [9.17, 15) is 5.11 Å². The van der Waals surface area contributed by atoms with Gasteiger partial charge in [-0.25, -0.2) is 4.98 Å². The average Bonchev–Trinajstić information content (AvgIpc) is 3.04. The zero-order valence-corrected chi connectivity index (χ0v) is 17.5. The summed E-state index contributed by atoms with van der Waals surface area (Å²) < 4.78 is 7.59. The van der Waals surface area contributed by atoms with Crippen LogP contribution in [0.2, 0.25) is 10.0 Å². The first-order valence-corrected chi connectivity index (χ1v) is 10.2. The number of aromatic hydroxyl groups is 1. The number of benzene rings is 2. The zero-order chi connectivity index (χ0) is 19.8. The second-order valence-corrected chi connectivity index (χ2v) is 8.22. The van der Waals surface area contributed by atoms with Gasteiger partial charge in [-0.1, -0.05) is 43.1 Å². The number of morpholine rings is 1. The number of phenols is 1. The van der Waals surface area contributed by atoms with Gasteiger partial charge in [0.2, 0.25) is 0 Å². The molecule has 3 aromatic rings. The van der Waals surface area contributed by atoms with Gasteiger partial charge >= 0.3 is 0 Å². The van der Waals surface area contributed by atoms with Crippen LogP contribution in [0.4, 0.5) is 5.69 Å². The van der Waals surface area contributed by atoms with Crippen molar-refractivity contribution in [2.45, 2.75) is 26.3 Å². The Kier molecular flexibility index (Phi) is 5.41. The normalized spacial score (nSPS) is 15.0. The maximum atomic E-state index is 10.7. The number of anilines is 1. The van der Waals surface area contributed by atoms with E-state index in [4.69, 9.17) is 32.9 Å². The Balaban J connectivity index is 1.84. The third-order valence-electron chi connectivity index (χ3n) is 5.08. The number of phenolic OH excluding ortho intramolecular Hbond substituents is 1. The van der Waals surface area contributed by atoms with Gasteiger partial charge in [0.1, 0.15) is 17.1 Å². The fourth-order valence-electron chi connectivity index (χ4n) is 3.64. The van der Waals surface area contributed by atoms with E-state index >= 15 is 0 Å². The van der Waals surface area contributed by atoms with Crippen LogP contribution in [0.3, 0.4) is 0 Å². The van der Waals surface area contributed by atoms with Gasteiger partial charge in [-0.15, -0.1) is 0 Å². The lowest BCUT2D eigenvalue weighted by Crippen LogP contribution is -2.36. The summed E-state index contributed by atoms with van der Waals surface area (Å²) in [4.78, 5) is 6.97. The first-order chi connectivity index (χ1) is 13.4. The van der Waals surface area contributed by atoms with Crippen molar-refractivity contribution in [1.29, 1.82) is 0 Å². The number of halogens is 2. The molecule has 28 heavy (non-hydrogen) atoms. The Morgan fingerprint density at radius 1 is 1.14 bits per heavy atom. The minimum absolute atomic E-state index is 0.196. The lowest BCUT2D eigenvalue weighted by atomic mass is 10.1. The molecule has 1 aliphatic rings. The highest BCUT2D eigenvalue weighted by Gasteiger charge is 2.20. The number of hydrogen-bond donors (Lipinski definition) is 1. The molecule has 5 nitrogen and oxygen atoms in total. The topological polar surface area (TPSA) is 50.5 Å². The van der Waals surface area contributed by atoms with Crippen LogP contribution in [0.5, 0.6) is 5.75 Å². The fourth-order valence-corrected chi connectivity index (χ4v) is 4.11. The van der Waals surface area contributed by atoms with E-state index < -0.39 is 0 Å². The molecular weight excluding hydrogens is 397 g/mol. The molecule has 1 saturated heterocycles. The highest BCUT2D eigenvalue weighted by atomic mass is 35.5. The van der Waals surface area contributed by atoms with Crippen molar-refractivity contribution in [3.8, 4) is 5.75 Å². The highest BCUT2D eigenvalue weighted by molar-refractivity contribution is 6.35. The van der Waals surface area contributed by atoms with E-state index in [1.807, 2.05) is 12.1 Å². The standard InChI is InChI=1S/C21H23Cl2N3O2/c1-13(2)21-24-20-18(26(21)12-14-3-4-15(22)9-17(14)23)10-16(11-19(20)27)25-5-7-28-8-6-25/h3-4,9-11,13,27H,5-8,12H2,1-2H3. The molecule has 0 spiro atoms. The molecule has 2 heterocycles. The lowest BCUT2D eigenvalue weighted by molar-refractivity contribution is 0.122. The summed E-state index contributed by atoms with van der Waals surface area (Å²) in [5, 5.41) is 11.9. The van der Waals surface area contributed by atoms with Crippen molar-refractivity contribution in [2.75, 3.05) is 31.2 Å². The molecule has 1 N–H and O–H groups in total. The number of rotatable bonds is 4. The number of imidazole rings is 1. The molecule has 0 saturated carbocycles. The predicted molar refractivity (Wildman–Crippen MR) is 114 cm³/mol.